The Balaban J connectivity index is 1.90. The van der Waals surface area contributed by atoms with Crippen molar-refractivity contribution < 1.29 is 4.39 Å². The van der Waals surface area contributed by atoms with E-state index in [4.69, 9.17) is 11.6 Å². The lowest BCUT2D eigenvalue weighted by Gasteiger charge is -2.29. The highest BCUT2D eigenvalue weighted by atomic mass is 35.5. The van der Waals surface area contributed by atoms with Crippen LogP contribution in [0.1, 0.15) is 38.2 Å². The third-order valence-corrected chi connectivity index (χ3v) is 3.95. The molecule has 0 saturated heterocycles. The summed E-state index contributed by atoms with van der Waals surface area (Å²) in [7, 11) is 0. The van der Waals surface area contributed by atoms with Crippen molar-refractivity contribution in [3.63, 3.8) is 0 Å². The first-order chi connectivity index (χ1) is 8.16. The summed E-state index contributed by atoms with van der Waals surface area (Å²) in [6.07, 6.45) is 5.21. The van der Waals surface area contributed by atoms with Crippen LogP contribution in [0.25, 0.3) is 0 Å². The van der Waals surface area contributed by atoms with Crippen molar-refractivity contribution in [2.75, 3.05) is 0 Å². The van der Waals surface area contributed by atoms with Gasteiger partial charge in [0.15, 0.2) is 0 Å². The minimum absolute atomic E-state index is 0.209. The molecule has 0 radical (unpaired) electrons. The van der Waals surface area contributed by atoms with Crippen LogP contribution in [0.2, 0.25) is 5.02 Å². The van der Waals surface area contributed by atoms with E-state index < -0.39 is 0 Å². The molecule has 1 N–H and O–H groups in total. The molecule has 0 aliphatic heterocycles. The van der Waals surface area contributed by atoms with Gasteiger partial charge in [-0.15, -0.1) is 0 Å². The zero-order valence-corrected chi connectivity index (χ0v) is 10.9. The van der Waals surface area contributed by atoms with Gasteiger partial charge in [0, 0.05) is 12.6 Å². The maximum Gasteiger partial charge on any atom is 0.141 e. The Labute approximate surface area is 107 Å². The predicted octanol–water partition coefficient (Wildman–Crippen LogP) is 4.15. The molecule has 3 heteroatoms. The average Bonchev–Trinajstić information content (AvgIpc) is 2.32. The summed E-state index contributed by atoms with van der Waals surface area (Å²) in [5.74, 6) is 0.390. The number of benzene rings is 1. The van der Waals surface area contributed by atoms with E-state index in [-0.39, 0.29) is 10.8 Å². The van der Waals surface area contributed by atoms with E-state index >= 15 is 0 Å². The van der Waals surface area contributed by atoms with Gasteiger partial charge in [-0.05, 0) is 36.5 Å². The van der Waals surface area contributed by atoms with Crippen LogP contribution in [-0.2, 0) is 6.54 Å². The molecule has 0 heterocycles. The molecule has 2 unspecified atom stereocenters. The Morgan fingerprint density at radius 3 is 2.82 bits per heavy atom. The first kappa shape index (κ1) is 12.8. The van der Waals surface area contributed by atoms with Crippen LogP contribution in [0.5, 0.6) is 0 Å². The summed E-state index contributed by atoms with van der Waals surface area (Å²) in [6.45, 7) is 3.07. The van der Waals surface area contributed by atoms with E-state index in [1.807, 2.05) is 0 Å². The first-order valence-corrected chi connectivity index (χ1v) is 6.72. The molecule has 94 valence electrons. The standard InChI is InChI=1S/C14H19ClFN/c1-10-4-2-3-5-14(10)17-9-11-6-7-13(16)12(15)8-11/h6-8,10,14,17H,2-5,9H2,1H3. The smallest absolute Gasteiger partial charge is 0.141 e. The van der Waals surface area contributed by atoms with Gasteiger partial charge in [0.2, 0.25) is 0 Å². The van der Waals surface area contributed by atoms with Gasteiger partial charge in [0.05, 0.1) is 5.02 Å². The molecule has 0 amide bonds. The quantitative estimate of drug-likeness (QED) is 0.856. The Hall–Kier alpha value is -0.600. The fraction of sp³-hybridized carbons (Fsp3) is 0.571. The van der Waals surface area contributed by atoms with Crippen LogP contribution in [0.3, 0.4) is 0 Å². The van der Waals surface area contributed by atoms with Crippen molar-refractivity contribution in [3.05, 3.63) is 34.6 Å². The van der Waals surface area contributed by atoms with Crippen LogP contribution in [0, 0.1) is 11.7 Å². The lowest BCUT2D eigenvalue weighted by molar-refractivity contribution is 0.279. The number of hydrogen-bond donors (Lipinski definition) is 1. The Kier molecular flexibility index (Phi) is 4.41. The van der Waals surface area contributed by atoms with Gasteiger partial charge < -0.3 is 5.32 Å². The largest absolute Gasteiger partial charge is 0.310 e. The van der Waals surface area contributed by atoms with Gasteiger partial charge in [-0.25, -0.2) is 4.39 Å². The Bertz CT molecular complexity index is 380. The van der Waals surface area contributed by atoms with Crippen LogP contribution in [0.15, 0.2) is 18.2 Å². The predicted molar refractivity (Wildman–Crippen MR) is 69.7 cm³/mol. The summed E-state index contributed by atoms with van der Waals surface area (Å²) in [6, 6.07) is 5.52. The highest BCUT2D eigenvalue weighted by Crippen LogP contribution is 2.24. The third kappa shape index (κ3) is 3.43. The number of hydrogen-bond acceptors (Lipinski definition) is 1. The lowest BCUT2D eigenvalue weighted by Crippen LogP contribution is -2.36. The molecular formula is C14H19ClFN. The summed E-state index contributed by atoms with van der Waals surface area (Å²) >= 11 is 5.76. The van der Waals surface area contributed by atoms with E-state index in [1.54, 1.807) is 12.1 Å². The topological polar surface area (TPSA) is 12.0 Å². The maximum absolute atomic E-state index is 13.0. The molecular weight excluding hydrogens is 237 g/mol. The second-order valence-corrected chi connectivity index (χ2v) is 5.40. The molecule has 1 aromatic carbocycles. The number of rotatable bonds is 3. The molecule has 1 aromatic rings. The van der Waals surface area contributed by atoms with Crippen molar-refractivity contribution in [2.45, 2.75) is 45.2 Å². The second kappa shape index (κ2) is 5.83. The SMILES string of the molecule is CC1CCCCC1NCc1ccc(F)c(Cl)c1. The third-order valence-electron chi connectivity index (χ3n) is 3.66. The molecule has 1 aliphatic rings. The molecule has 2 rings (SSSR count). The first-order valence-electron chi connectivity index (χ1n) is 6.34. The monoisotopic (exact) mass is 255 g/mol. The zero-order chi connectivity index (χ0) is 12.3. The Morgan fingerprint density at radius 1 is 1.35 bits per heavy atom. The van der Waals surface area contributed by atoms with Gasteiger partial charge >= 0.3 is 0 Å². The van der Waals surface area contributed by atoms with Gasteiger partial charge in [0.25, 0.3) is 0 Å². The molecule has 0 bridgehead atoms. The Morgan fingerprint density at radius 2 is 2.12 bits per heavy atom. The van der Waals surface area contributed by atoms with E-state index in [1.165, 1.54) is 31.7 Å². The van der Waals surface area contributed by atoms with Crippen molar-refractivity contribution in [1.29, 1.82) is 0 Å². The average molecular weight is 256 g/mol. The van der Waals surface area contributed by atoms with Crippen LogP contribution in [-0.4, -0.2) is 6.04 Å². The van der Waals surface area contributed by atoms with E-state index in [0.717, 1.165) is 18.0 Å². The summed E-state index contributed by atoms with van der Waals surface area (Å²) < 4.78 is 13.0. The normalized spacial score (nSPS) is 24.9. The van der Waals surface area contributed by atoms with Crippen LogP contribution < -0.4 is 5.32 Å². The highest BCUT2D eigenvalue weighted by molar-refractivity contribution is 6.30. The summed E-state index contributed by atoms with van der Waals surface area (Å²) in [4.78, 5) is 0. The van der Waals surface area contributed by atoms with E-state index in [9.17, 15) is 4.39 Å². The molecule has 1 fully saturated rings. The molecule has 1 aliphatic carbocycles. The minimum Gasteiger partial charge on any atom is -0.310 e. The van der Waals surface area contributed by atoms with Crippen molar-refractivity contribution in [2.24, 2.45) is 5.92 Å². The minimum atomic E-state index is -0.346. The van der Waals surface area contributed by atoms with Crippen LogP contribution >= 0.6 is 11.6 Å². The van der Waals surface area contributed by atoms with Crippen molar-refractivity contribution in [1.82, 2.24) is 5.32 Å². The maximum atomic E-state index is 13.0. The molecule has 0 aromatic heterocycles. The van der Waals surface area contributed by atoms with Gasteiger partial charge in [-0.2, -0.15) is 0 Å². The van der Waals surface area contributed by atoms with Gasteiger partial charge in [-0.3, -0.25) is 0 Å². The second-order valence-electron chi connectivity index (χ2n) is 5.00. The fourth-order valence-corrected chi connectivity index (χ4v) is 2.72. The number of nitrogens with one attached hydrogen (secondary N) is 1. The molecule has 1 nitrogen and oxygen atoms in total. The molecule has 2 atom stereocenters. The van der Waals surface area contributed by atoms with Gasteiger partial charge in [0.1, 0.15) is 5.82 Å². The summed E-state index contributed by atoms with van der Waals surface area (Å²) in [5, 5.41) is 3.76. The van der Waals surface area contributed by atoms with Crippen molar-refractivity contribution in [3.8, 4) is 0 Å². The zero-order valence-electron chi connectivity index (χ0n) is 10.2. The fourth-order valence-electron chi connectivity index (χ4n) is 2.52. The van der Waals surface area contributed by atoms with E-state index in [2.05, 4.69) is 12.2 Å². The molecule has 17 heavy (non-hydrogen) atoms. The highest BCUT2D eigenvalue weighted by Gasteiger charge is 2.20. The molecule has 0 spiro atoms. The van der Waals surface area contributed by atoms with Crippen LogP contribution in [0.4, 0.5) is 4.39 Å². The summed E-state index contributed by atoms with van der Waals surface area (Å²) in [5.41, 5.74) is 1.05. The van der Waals surface area contributed by atoms with Gasteiger partial charge in [-0.1, -0.05) is 37.4 Å². The number of halogens is 2. The van der Waals surface area contributed by atoms with E-state index in [0.29, 0.717) is 6.04 Å². The lowest BCUT2D eigenvalue weighted by atomic mass is 9.86. The molecule has 1 saturated carbocycles. The van der Waals surface area contributed by atoms with Crippen molar-refractivity contribution >= 4 is 11.6 Å².